The van der Waals surface area contributed by atoms with Gasteiger partial charge < -0.3 is 20.6 Å². The van der Waals surface area contributed by atoms with Crippen LogP contribution in [0.4, 0.5) is 5.69 Å². The van der Waals surface area contributed by atoms with Crippen LogP contribution in [0, 0.1) is 0 Å². The van der Waals surface area contributed by atoms with Crippen LogP contribution >= 0.6 is 0 Å². The maximum Gasteiger partial charge on any atom is 0.222 e. The number of aryl methyl sites for hydroxylation is 1. The molecule has 0 saturated carbocycles. The first-order valence-corrected chi connectivity index (χ1v) is 6.60. The maximum absolute atomic E-state index is 12.1. The standard InChI is InChI=1S/C14H21N3O2/c1-16-6-8-17(9-7-16)14(19)5-3-11-2-4-13(18)12(15)10-11/h2,4,10,18H,3,5-9,15H2,1H3. The van der Waals surface area contributed by atoms with Gasteiger partial charge in [0.25, 0.3) is 0 Å². The minimum atomic E-state index is 0.0918. The van der Waals surface area contributed by atoms with Crippen molar-refractivity contribution in [3.8, 4) is 5.75 Å². The zero-order valence-electron chi connectivity index (χ0n) is 11.3. The topological polar surface area (TPSA) is 69.8 Å². The van der Waals surface area contributed by atoms with Crippen LogP contribution < -0.4 is 5.73 Å². The molecule has 1 fully saturated rings. The molecule has 19 heavy (non-hydrogen) atoms. The molecule has 2 rings (SSSR count). The average molecular weight is 263 g/mol. The van der Waals surface area contributed by atoms with Gasteiger partial charge in [-0.25, -0.2) is 0 Å². The van der Waals surface area contributed by atoms with Crippen LogP contribution in [-0.4, -0.2) is 54.0 Å². The molecule has 5 heteroatoms. The number of carbonyl (C=O) groups is 1. The molecular weight excluding hydrogens is 242 g/mol. The predicted octanol–water partition coefficient (Wildman–Crippen LogP) is 0.681. The number of amides is 1. The molecule has 1 heterocycles. The van der Waals surface area contributed by atoms with Crippen LogP contribution in [-0.2, 0) is 11.2 Å². The number of likely N-dealkylation sites (N-methyl/N-ethyl adjacent to an activating group) is 1. The molecule has 1 aliphatic rings. The molecule has 1 aromatic carbocycles. The van der Waals surface area contributed by atoms with Gasteiger partial charge in [-0.15, -0.1) is 0 Å². The first-order chi connectivity index (χ1) is 9.06. The summed E-state index contributed by atoms with van der Waals surface area (Å²) < 4.78 is 0. The minimum Gasteiger partial charge on any atom is -0.506 e. The molecule has 0 atom stereocenters. The summed E-state index contributed by atoms with van der Waals surface area (Å²) in [5.74, 6) is 0.286. The van der Waals surface area contributed by atoms with E-state index in [4.69, 9.17) is 5.73 Å². The van der Waals surface area contributed by atoms with Gasteiger partial charge in [0.2, 0.25) is 5.91 Å². The zero-order valence-corrected chi connectivity index (χ0v) is 11.3. The number of rotatable bonds is 3. The number of carbonyl (C=O) groups excluding carboxylic acids is 1. The van der Waals surface area contributed by atoms with Crippen LogP contribution in [0.15, 0.2) is 18.2 Å². The SMILES string of the molecule is CN1CCN(C(=O)CCc2ccc(O)c(N)c2)CC1. The molecular formula is C14H21N3O2. The van der Waals surface area contributed by atoms with E-state index in [9.17, 15) is 9.90 Å². The Bertz CT molecular complexity index is 454. The number of hydrogen-bond donors (Lipinski definition) is 2. The van der Waals surface area contributed by atoms with E-state index in [1.54, 1.807) is 12.1 Å². The van der Waals surface area contributed by atoms with Gasteiger partial charge in [0.1, 0.15) is 5.75 Å². The highest BCUT2D eigenvalue weighted by molar-refractivity contribution is 5.76. The first kappa shape index (κ1) is 13.7. The lowest BCUT2D eigenvalue weighted by molar-refractivity contribution is -0.132. The monoisotopic (exact) mass is 263 g/mol. The van der Waals surface area contributed by atoms with Crippen molar-refractivity contribution in [3.05, 3.63) is 23.8 Å². The Balaban J connectivity index is 1.84. The lowest BCUT2D eigenvalue weighted by atomic mass is 10.1. The third-order valence-corrected chi connectivity index (χ3v) is 3.58. The van der Waals surface area contributed by atoms with Gasteiger partial charge in [-0.2, -0.15) is 0 Å². The van der Waals surface area contributed by atoms with Gasteiger partial charge in [-0.1, -0.05) is 6.07 Å². The average Bonchev–Trinajstić information content (AvgIpc) is 2.40. The number of phenols is 1. The number of nitrogens with zero attached hydrogens (tertiary/aromatic N) is 2. The molecule has 5 nitrogen and oxygen atoms in total. The van der Waals surface area contributed by atoms with Crippen LogP contribution in [0.25, 0.3) is 0 Å². The molecule has 3 N–H and O–H groups in total. The van der Waals surface area contributed by atoms with Gasteiger partial charge in [0.05, 0.1) is 5.69 Å². The summed E-state index contributed by atoms with van der Waals surface area (Å²) in [7, 11) is 2.07. The maximum atomic E-state index is 12.1. The molecule has 0 aromatic heterocycles. The fraction of sp³-hybridized carbons (Fsp3) is 0.500. The normalized spacial score (nSPS) is 16.6. The van der Waals surface area contributed by atoms with Crippen molar-refractivity contribution in [2.75, 3.05) is 39.0 Å². The largest absolute Gasteiger partial charge is 0.506 e. The van der Waals surface area contributed by atoms with Crippen molar-refractivity contribution in [3.63, 3.8) is 0 Å². The van der Waals surface area contributed by atoms with Gasteiger partial charge in [-0.3, -0.25) is 4.79 Å². The molecule has 1 saturated heterocycles. The summed E-state index contributed by atoms with van der Waals surface area (Å²) in [6.45, 7) is 3.51. The smallest absolute Gasteiger partial charge is 0.222 e. The van der Waals surface area contributed by atoms with Crippen LogP contribution in [0.5, 0.6) is 5.75 Å². The molecule has 0 spiro atoms. The summed E-state index contributed by atoms with van der Waals surface area (Å²) in [4.78, 5) is 16.2. The van der Waals surface area contributed by atoms with Crippen molar-refractivity contribution in [1.29, 1.82) is 0 Å². The Morgan fingerprint density at radius 3 is 2.63 bits per heavy atom. The van der Waals surface area contributed by atoms with E-state index < -0.39 is 0 Å². The second-order valence-electron chi connectivity index (χ2n) is 5.08. The molecule has 1 amide bonds. The second kappa shape index (κ2) is 5.93. The summed E-state index contributed by atoms with van der Waals surface area (Å²) in [6, 6.07) is 5.11. The molecule has 104 valence electrons. The molecule has 0 bridgehead atoms. The van der Waals surface area contributed by atoms with E-state index in [-0.39, 0.29) is 11.7 Å². The summed E-state index contributed by atoms with van der Waals surface area (Å²) in [5.41, 5.74) is 6.98. The zero-order chi connectivity index (χ0) is 13.8. The Kier molecular flexibility index (Phi) is 4.27. The molecule has 0 aliphatic carbocycles. The van der Waals surface area contributed by atoms with E-state index in [0.29, 0.717) is 18.5 Å². The highest BCUT2D eigenvalue weighted by atomic mass is 16.3. The number of nitrogens with two attached hydrogens (primary N) is 1. The van der Waals surface area contributed by atoms with Gasteiger partial charge in [0.15, 0.2) is 0 Å². The van der Waals surface area contributed by atoms with E-state index in [0.717, 1.165) is 31.7 Å². The van der Waals surface area contributed by atoms with E-state index in [2.05, 4.69) is 11.9 Å². The van der Waals surface area contributed by atoms with Gasteiger partial charge in [0, 0.05) is 32.6 Å². The van der Waals surface area contributed by atoms with Crippen molar-refractivity contribution in [1.82, 2.24) is 9.80 Å². The fourth-order valence-electron chi connectivity index (χ4n) is 2.22. The second-order valence-corrected chi connectivity index (χ2v) is 5.08. The lowest BCUT2D eigenvalue weighted by Crippen LogP contribution is -2.47. The molecule has 0 radical (unpaired) electrons. The first-order valence-electron chi connectivity index (χ1n) is 6.60. The van der Waals surface area contributed by atoms with Crippen molar-refractivity contribution >= 4 is 11.6 Å². The highest BCUT2D eigenvalue weighted by Gasteiger charge is 2.18. The Labute approximate surface area is 113 Å². The summed E-state index contributed by atoms with van der Waals surface area (Å²) in [6.07, 6.45) is 1.16. The van der Waals surface area contributed by atoms with Crippen molar-refractivity contribution in [2.24, 2.45) is 0 Å². The highest BCUT2D eigenvalue weighted by Crippen LogP contribution is 2.21. The van der Waals surface area contributed by atoms with Gasteiger partial charge in [-0.05, 0) is 31.2 Å². The Morgan fingerprint density at radius 2 is 2.00 bits per heavy atom. The number of nitrogen functional groups attached to an aromatic ring is 1. The number of phenolic OH excluding ortho intramolecular Hbond substituents is 1. The van der Waals surface area contributed by atoms with Gasteiger partial charge >= 0.3 is 0 Å². The van der Waals surface area contributed by atoms with E-state index >= 15 is 0 Å². The fourth-order valence-corrected chi connectivity index (χ4v) is 2.22. The predicted molar refractivity (Wildman–Crippen MR) is 74.9 cm³/mol. The van der Waals surface area contributed by atoms with Crippen LogP contribution in [0.3, 0.4) is 0 Å². The number of benzene rings is 1. The number of hydrogen-bond acceptors (Lipinski definition) is 4. The lowest BCUT2D eigenvalue weighted by Gasteiger charge is -2.32. The summed E-state index contributed by atoms with van der Waals surface area (Å²) in [5, 5.41) is 9.35. The third-order valence-electron chi connectivity index (χ3n) is 3.58. The van der Waals surface area contributed by atoms with E-state index in [1.807, 2.05) is 11.0 Å². The molecule has 1 aliphatic heterocycles. The van der Waals surface area contributed by atoms with Crippen molar-refractivity contribution < 1.29 is 9.90 Å². The molecule has 0 unspecified atom stereocenters. The molecule has 1 aromatic rings. The minimum absolute atomic E-state index is 0.0918. The number of aromatic hydroxyl groups is 1. The van der Waals surface area contributed by atoms with Crippen molar-refractivity contribution in [2.45, 2.75) is 12.8 Å². The van der Waals surface area contributed by atoms with Crippen LogP contribution in [0.1, 0.15) is 12.0 Å². The quantitative estimate of drug-likeness (QED) is 0.621. The summed E-state index contributed by atoms with van der Waals surface area (Å²) >= 11 is 0. The van der Waals surface area contributed by atoms with E-state index in [1.165, 1.54) is 0 Å². The third kappa shape index (κ3) is 3.61. The van der Waals surface area contributed by atoms with Crippen LogP contribution in [0.2, 0.25) is 0 Å². The Morgan fingerprint density at radius 1 is 1.32 bits per heavy atom. The number of piperazine rings is 1. The Hall–Kier alpha value is -1.75. The number of anilines is 1.